The number of nitrogens with zero attached hydrogens (tertiary/aromatic N) is 1. The molecule has 1 aliphatic heterocycles. The first-order chi connectivity index (χ1) is 8.31. The fourth-order valence-electron chi connectivity index (χ4n) is 2.78. The maximum Gasteiger partial charge on any atom is 0.0446 e. The summed E-state index contributed by atoms with van der Waals surface area (Å²) < 4.78 is 0. The molecule has 2 aromatic rings. The van der Waals surface area contributed by atoms with E-state index in [1.54, 1.807) is 0 Å². The second-order valence-corrected chi connectivity index (χ2v) is 4.63. The highest BCUT2D eigenvalue weighted by molar-refractivity contribution is 5.74. The van der Waals surface area contributed by atoms with Gasteiger partial charge < -0.3 is 4.90 Å². The molecule has 1 heteroatoms. The molecule has 0 N–H and O–H groups in total. The van der Waals surface area contributed by atoms with Gasteiger partial charge in [-0.25, -0.2) is 0 Å². The first-order valence-electron chi connectivity index (χ1n) is 6.23. The summed E-state index contributed by atoms with van der Waals surface area (Å²) in [6.45, 7) is 2.23. The Kier molecular flexibility index (Phi) is 2.40. The van der Waals surface area contributed by atoms with Crippen LogP contribution in [0.1, 0.15) is 23.6 Å². The van der Waals surface area contributed by atoms with Crippen LogP contribution in [0.3, 0.4) is 0 Å². The molecule has 1 nitrogen and oxygen atoms in total. The molecule has 0 spiro atoms. The van der Waals surface area contributed by atoms with Gasteiger partial charge in [-0.3, -0.25) is 0 Å². The fraction of sp³-hybridized carbons (Fsp3) is 0.250. The monoisotopic (exact) mass is 223 g/mol. The Bertz CT molecular complexity index is 557. The van der Waals surface area contributed by atoms with Gasteiger partial charge in [0.25, 0.3) is 0 Å². The minimum atomic E-state index is 1.07. The van der Waals surface area contributed by atoms with E-state index in [1.165, 1.54) is 28.1 Å². The van der Waals surface area contributed by atoms with Gasteiger partial charge in [0, 0.05) is 24.8 Å². The molecule has 0 unspecified atom stereocenters. The van der Waals surface area contributed by atoms with Crippen LogP contribution in [0.2, 0.25) is 0 Å². The quantitative estimate of drug-likeness (QED) is 0.708. The van der Waals surface area contributed by atoms with Crippen LogP contribution in [-0.4, -0.2) is 7.05 Å². The largest absolute Gasteiger partial charge is 0.344 e. The molecule has 3 rings (SSSR count). The van der Waals surface area contributed by atoms with E-state index in [-0.39, 0.29) is 0 Å². The summed E-state index contributed by atoms with van der Waals surface area (Å²) in [7, 11) is 2.16. The predicted octanol–water partition coefficient (Wildman–Crippen LogP) is 3.92. The second-order valence-electron chi connectivity index (χ2n) is 4.63. The van der Waals surface area contributed by atoms with Crippen LogP contribution in [0.4, 0.5) is 11.4 Å². The molecular formula is C16H17N. The number of hydrogen-bond donors (Lipinski definition) is 0. The summed E-state index contributed by atoms with van der Waals surface area (Å²) in [5.74, 6) is 0. The third-order valence-electron chi connectivity index (χ3n) is 3.71. The molecule has 0 saturated carbocycles. The van der Waals surface area contributed by atoms with Crippen molar-refractivity contribution in [2.75, 3.05) is 11.9 Å². The molecule has 0 fully saturated rings. The molecular weight excluding hydrogens is 206 g/mol. The zero-order chi connectivity index (χ0) is 11.8. The molecule has 0 saturated heterocycles. The number of anilines is 2. The summed E-state index contributed by atoms with van der Waals surface area (Å²) in [6, 6.07) is 15.3. The molecule has 1 heterocycles. The van der Waals surface area contributed by atoms with Crippen molar-refractivity contribution in [2.45, 2.75) is 19.8 Å². The van der Waals surface area contributed by atoms with E-state index in [9.17, 15) is 0 Å². The number of para-hydroxylation sites is 1. The zero-order valence-corrected chi connectivity index (χ0v) is 10.4. The minimum Gasteiger partial charge on any atom is -0.344 e. The molecule has 0 amide bonds. The average Bonchev–Trinajstić information content (AvgIpc) is 2.38. The molecule has 17 heavy (non-hydrogen) atoms. The van der Waals surface area contributed by atoms with Crippen LogP contribution in [-0.2, 0) is 12.8 Å². The van der Waals surface area contributed by atoms with Crippen molar-refractivity contribution < 1.29 is 0 Å². The summed E-state index contributed by atoms with van der Waals surface area (Å²) >= 11 is 0. The molecule has 0 aliphatic carbocycles. The van der Waals surface area contributed by atoms with E-state index in [4.69, 9.17) is 0 Å². The minimum absolute atomic E-state index is 1.07. The number of fused-ring (bicyclic) bond motifs is 2. The molecule has 0 aromatic heterocycles. The van der Waals surface area contributed by atoms with Crippen LogP contribution in [0.25, 0.3) is 0 Å². The predicted molar refractivity (Wildman–Crippen MR) is 73.1 cm³/mol. The van der Waals surface area contributed by atoms with E-state index in [1.807, 2.05) is 0 Å². The lowest BCUT2D eigenvalue weighted by Gasteiger charge is -2.31. The van der Waals surface area contributed by atoms with Crippen LogP contribution in [0.5, 0.6) is 0 Å². The van der Waals surface area contributed by atoms with Gasteiger partial charge in [-0.05, 0) is 35.2 Å². The van der Waals surface area contributed by atoms with Crippen molar-refractivity contribution >= 4 is 11.4 Å². The standard InChI is InChI=1S/C16H17N/c1-3-12-8-6-10-16-14(12)11-13-7-4-5-9-15(13)17(16)2/h4-10H,3,11H2,1-2H3. The lowest BCUT2D eigenvalue weighted by Crippen LogP contribution is -2.19. The van der Waals surface area contributed by atoms with Crippen LogP contribution in [0, 0.1) is 0 Å². The van der Waals surface area contributed by atoms with Crippen molar-refractivity contribution in [3.05, 3.63) is 59.2 Å². The van der Waals surface area contributed by atoms with Crippen LogP contribution in [0.15, 0.2) is 42.5 Å². The van der Waals surface area contributed by atoms with Crippen molar-refractivity contribution in [1.82, 2.24) is 0 Å². The zero-order valence-electron chi connectivity index (χ0n) is 10.4. The van der Waals surface area contributed by atoms with Gasteiger partial charge in [0.05, 0.1) is 0 Å². The second kappa shape index (κ2) is 3.92. The van der Waals surface area contributed by atoms with Gasteiger partial charge in [0.1, 0.15) is 0 Å². The van der Waals surface area contributed by atoms with Crippen LogP contribution >= 0.6 is 0 Å². The van der Waals surface area contributed by atoms with E-state index >= 15 is 0 Å². The highest BCUT2D eigenvalue weighted by atomic mass is 15.1. The van der Waals surface area contributed by atoms with Gasteiger partial charge in [0.15, 0.2) is 0 Å². The van der Waals surface area contributed by atoms with Gasteiger partial charge in [-0.1, -0.05) is 37.3 Å². The van der Waals surface area contributed by atoms with Crippen molar-refractivity contribution in [1.29, 1.82) is 0 Å². The third kappa shape index (κ3) is 1.54. The van der Waals surface area contributed by atoms with Gasteiger partial charge >= 0.3 is 0 Å². The Labute approximate surface area is 103 Å². The first-order valence-corrected chi connectivity index (χ1v) is 6.23. The molecule has 0 radical (unpaired) electrons. The van der Waals surface area contributed by atoms with E-state index in [2.05, 4.69) is 61.3 Å². The highest BCUT2D eigenvalue weighted by Crippen LogP contribution is 2.38. The van der Waals surface area contributed by atoms with Gasteiger partial charge in [-0.2, -0.15) is 0 Å². The third-order valence-corrected chi connectivity index (χ3v) is 3.71. The van der Waals surface area contributed by atoms with Crippen molar-refractivity contribution in [3.63, 3.8) is 0 Å². The molecule has 2 aromatic carbocycles. The Balaban J connectivity index is 2.19. The normalized spacial score (nSPS) is 13.2. The number of rotatable bonds is 1. The Morgan fingerprint density at radius 2 is 1.76 bits per heavy atom. The fourth-order valence-corrected chi connectivity index (χ4v) is 2.78. The lowest BCUT2D eigenvalue weighted by molar-refractivity contribution is 1.00. The average molecular weight is 223 g/mol. The maximum atomic E-state index is 2.31. The Morgan fingerprint density at radius 3 is 2.59 bits per heavy atom. The topological polar surface area (TPSA) is 3.24 Å². The number of aryl methyl sites for hydroxylation is 1. The van der Waals surface area contributed by atoms with E-state index in [0.29, 0.717) is 0 Å². The maximum absolute atomic E-state index is 2.31. The summed E-state index contributed by atoms with van der Waals surface area (Å²) in [4.78, 5) is 2.31. The highest BCUT2D eigenvalue weighted by Gasteiger charge is 2.20. The van der Waals surface area contributed by atoms with Crippen molar-refractivity contribution in [3.8, 4) is 0 Å². The smallest absolute Gasteiger partial charge is 0.0446 e. The molecule has 0 atom stereocenters. The van der Waals surface area contributed by atoms with Crippen molar-refractivity contribution in [2.24, 2.45) is 0 Å². The summed E-state index contributed by atoms with van der Waals surface area (Å²) in [6.07, 6.45) is 2.18. The lowest BCUT2D eigenvalue weighted by atomic mass is 9.91. The van der Waals surface area contributed by atoms with Gasteiger partial charge in [-0.15, -0.1) is 0 Å². The Hall–Kier alpha value is -1.76. The van der Waals surface area contributed by atoms with E-state index in [0.717, 1.165) is 12.8 Å². The summed E-state index contributed by atoms with van der Waals surface area (Å²) in [5.41, 5.74) is 7.11. The Morgan fingerprint density at radius 1 is 1.00 bits per heavy atom. The number of benzene rings is 2. The van der Waals surface area contributed by atoms with E-state index < -0.39 is 0 Å². The van der Waals surface area contributed by atoms with Gasteiger partial charge in [0.2, 0.25) is 0 Å². The van der Waals surface area contributed by atoms with Crippen LogP contribution < -0.4 is 4.90 Å². The number of hydrogen-bond acceptors (Lipinski definition) is 1. The molecule has 0 bridgehead atoms. The SMILES string of the molecule is CCc1cccc2c1Cc1ccccc1N2C. The molecule has 1 aliphatic rings. The molecule has 86 valence electrons. The first kappa shape index (κ1) is 10.4. The summed E-state index contributed by atoms with van der Waals surface area (Å²) in [5, 5.41) is 0.